The molecule has 0 aromatic heterocycles. The molecule has 0 aliphatic rings. The first kappa shape index (κ1) is 27.0. The third kappa shape index (κ3) is 8.93. The van der Waals surface area contributed by atoms with Crippen molar-refractivity contribution >= 4 is 35.5 Å². The maximum absolute atomic E-state index is 12.5. The van der Waals surface area contributed by atoms with Gasteiger partial charge in [0.2, 0.25) is 11.8 Å². The molecule has 0 saturated carbocycles. The minimum absolute atomic E-state index is 0.0438. The summed E-state index contributed by atoms with van der Waals surface area (Å²) in [7, 11) is 1.28. The summed E-state index contributed by atoms with van der Waals surface area (Å²) in [6.07, 6.45) is -5.17. The summed E-state index contributed by atoms with van der Waals surface area (Å²) in [6, 6.07) is -4.65. The average Bonchev–Trinajstić information content (AvgIpc) is 2.67. The van der Waals surface area contributed by atoms with Crippen LogP contribution in [0.4, 0.5) is 0 Å². The molecule has 0 bridgehead atoms. The summed E-state index contributed by atoms with van der Waals surface area (Å²) >= 11 is 1.10. The first-order chi connectivity index (χ1) is 13.5. The molecule has 0 aliphatic carbocycles. The van der Waals surface area contributed by atoms with Crippen LogP contribution in [-0.2, 0) is 19.2 Å². The van der Waals surface area contributed by atoms with Crippen molar-refractivity contribution in [1.29, 1.82) is 0 Å². The maximum Gasteiger partial charge on any atom is 0.327 e. The van der Waals surface area contributed by atoms with Gasteiger partial charge in [0.15, 0.2) is 0 Å². The predicted octanol–water partition coefficient (Wildman–Crippen LogP) is -4.46. The van der Waals surface area contributed by atoms with E-state index in [0.29, 0.717) is 0 Å². The topological polar surface area (TPSA) is 226 Å². The number of thioether (sulfide) groups is 1. The number of carboxylic acid groups (broad SMARTS) is 2. The Morgan fingerprint density at radius 1 is 0.931 bits per heavy atom. The van der Waals surface area contributed by atoms with Gasteiger partial charge in [-0.15, -0.1) is 0 Å². The van der Waals surface area contributed by atoms with Crippen LogP contribution in [0.25, 0.3) is 0 Å². The van der Waals surface area contributed by atoms with Crippen LogP contribution in [0.5, 0.6) is 0 Å². The van der Waals surface area contributed by atoms with Crippen LogP contribution in [0, 0.1) is 0 Å². The number of aliphatic hydroxyl groups excluding tert-OH is 4. The van der Waals surface area contributed by atoms with Gasteiger partial charge in [0.05, 0.1) is 19.1 Å². The van der Waals surface area contributed by atoms with E-state index in [4.69, 9.17) is 15.3 Å². The second-order valence-electron chi connectivity index (χ2n) is 6.01. The number of aliphatic hydroxyl groups is 4. The highest BCUT2D eigenvalue weighted by atomic mass is 32.2. The van der Waals surface area contributed by atoms with Crippen LogP contribution in [0.3, 0.4) is 0 Å². The second-order valence-corrected chi connectivity index (χ2v) is 6.92. The van der Waals surface area contributed by atoms with Gasteiger partial charge >= 0.3 is 11.9 Å². The number of likely N-dealkylation sites (N-methyl/N-ethyl adjacent to an activating group) is 1. The maximum atomic E-state index is 12.5. The van der Waals surface area contributed by atoms with Gasteiger partial charge < -0.3 is 46.6 Å². The molecule has 168 valence electrons. The minimum Gasteiger partial charge on any atom is -0.481 e. The summed E-state index contributed by atoms with van der Waals surface area (Å²) in [4.78, 5) is 46.9. The van der Waals surface area contributed by atoms with E-state index >= 15 is 0 Å². The monoisotopic (exact) mass is 441 g/mol. The van der Waals surface area contributed by atoms with Crippen LogP contribution >= 0.6 is 11.8 Å². The fourth-order valence-electron chi connectivity index (χ4n) is 2.20. The van der Waals surface area contributed by atoms with Gasteiger partial charge in [0.25, 0.3) is 0 Å². The Bertz CT molecular complexity index is 579. The molecule has 0 aromatic carbocycles. The molecular formula is C15H27N3O10S. The average molecular weight is 441 g/mol. The molecule has 6 atom stereocenters. The van der Waals surface area contributed by atoms with Crippen molar-refractivity contribution in [1.82, 2.24) is 16.0 Å². The lowest BCUT2D eigenvalue weighted by Gasteiger charge is -2.30. The SMILES string of the molecule is CN[C@@H](CC(=O)O)C(=O)N[C@H](C(=O)N[C@@H](CSC)C(=O)O)[C@@H](O)[C@H](O)[C@H](O)CO. The van der Waals surface area contributed by atoms with E-state index < -0.39 is 73.2 Å². The highest BCUT2D eigenvalue weighted by Crippen LogP contribution is 2.08. The molecule has 0 fully saturated rings. The molecule has 0 rings (SSSR count). The lowest BCUT2D eigenvalue weighted by atomic mass is 9.99. The van der Waals surface area contributed by atoms with Crippen molar-refractivity contribution in [2.45, 2.75) is 42.9 Å². The molecular weight excluding hydrogens is 414 g/mol. The lowest BCUT2D eigenvalue weighted by Crippen LogP contribution is -2.62. The molecule has 0 aliphatic heterocycles. The number of carbonyl (C=O) groups is 4. The third-order valence-electron chi connectivity index (χ3n) is 3.84. The molecule has 29 heavy (non-hydrogen) atoms. The molecule has 2 amide bonds. The second kappa shape index (κ2) is 13.3. The predicted molar refractivity (Wildman–Crippen MR) is 100 cm³/mol. The Morgan fingerprint density at radius 3 is 1.93 bits per heavy atom. The Labute approximate surface area is 170 Å². The van der Waals surface area contributed by atoms with Crippen molar-refractivity contribution < 1.29 is 49.8 Å². The Kier molecular flexibility index (Phi) is 12.4. The molecule has 9 N–H and O–H groups in total. The van der Waals surface area contributed by atoms with Crippen molar-refractivity contribution in [2.24, 2.45) is 0 Å². The van der Waals surface area contributed by atoms with E-state index in [-0.39, 0.29) is 5.75 Å². The molecule has 0 heterocycles. The van der Waals surface area contributed by atoms with E-state index in [1.165, 1.54) is 7.05 Å². The summed E-state index contributed by atoms with van der Waals surface area (Å²) in [5, 5.41) is 63.0. The Morgan fingerprint density at radius 2 is 1.52 bits per heavy atom. The van der Waals surface area contributed by atoms with Crippen LogP contribution in [0.2, 0.25) is 0 Å². The van der Waals surface area contributed by atoms with Crippen molar-refractivity contribution in [2.75, 3.05) is 25.7 Å². The highest BCUT2D eigenvalue weighted by molar-refractivity contribution is 7.98. The number of nitrogens with one attached hydrogen (secondary N) is 3. The fraction of sp³-hybridized carbons (Fsp3) is 0.733. The van der Waals surface area contributed by atoms with Gasteiger partial charge in [-0.3, -0.25) is 14.4 Å². The van der Waals surface area contributed by atoms with Gasteiger partial charge in [-0.1, -0.05) is 0 Å². The van der Waals surface area contributed by atoms with Crippen LogP contribution in [0.1, 0.15) is 6.42 Å². The zero-order valence-corrected chi connectivity index (χ0v) is 16.6. The van der Waals surface area contributed by atoms with Gasteiger partial charge in [-0.2, -0.15) is 11.8 Å². The van der Waals surface area contributed by atoms with E-state index in [1.54, 1.807) is 6.26 Å². The first-order valence-corrected chi connectivity index (χ1v) is 9.76. The molecule has 0 aromatic rings. The zero-order valence-electron chi connectivity index (χ0n) is 15.8. The molecule has 13 nitrogen and oxygen atoms in total. The lowest BCUT2D eigenvalue weighted by molar-refractivity contribution is -0.145. The Balaban J connectivity index is 5.63. The molecule has 0 unspecified atom stereocenters. The quantitative estimate of drug-likeness (QED) is 0.124. The number of hydrogen-bond acceptors (Lipinski definition) is 10. The fourth-order valence-corrected chi connectivity index (χ4v) is 2.76. The van der Waals surface area contributed by atoms with Gasteiger partial charge in [0, 0.05) is 5.75 Å². The molecule has 0 radical (unpaired) electrons. The van der Waals surface area contributed by atoms with Crippen LogP contribution < -0.4 is 16.0 Å². The van der Waals surface area contributed by atoms with Crippen LogP contribution in [-0.4, -0.2) is 116 Å². The summed E-state index contributed by atoms with van der Waals surface area (Å²) in [6.45, 7) is -0.969. The highest BCUT2D eigenvalue weighted by Gasteiger charge is 2.39. The van der Waals surface area contributed by atoms with Crippen LogP contribution in [0.15, 0.2) is 0 Å². The number of rotatable bonds is 14. The van der Waals surface area contributed by atoms with Gasteiger partial charge in [0.1, 0.15) is 30.4 Å². The minimum atomic E-state index is -2.15. The number of hydrogen-bond donors (Lipinski definition) is 9. The summed E-state index contributed by atoms with van der Waals surface area (Å²) in [5.74, 6) is -4.99. The largest absolute Gasteiger partial charge is 0.481 e. The number of amides is 2. The van der Waals surface area contributed by atoms with E-state index in [1.807, 2.05) is 5.32 Å². The van der Waals surface area contributed by atoms with Gasteiger partial charge in [-0.05, 0) is 13.3 Å². The van der Waals surface area contributed by atoms with Crippen molar-refractivity contribution in [3.05, 3.63) is 0 Å². The van der Waals surface area contributed by atoms with Gasteiger partial charge in [-0.25, -0.2) is 4.79 Å². The summed E-state index contributed by atoms with van der Waals surface area (Å²) in [5.41, 5.74) is 0. The first-order valence-electron chi connectivity index (χ1n) is 8.36. The van der Waals surface area contributed by atoms with E-state index in [2.05, 4.69) is 10.6 Å². The van der Waals surface area contributed by atoms with E-state index in [9.17, 15) is 34.5 Å². The zero-order chi connectivity index (χ0) is 22.7. The smallest absolute Gasteiger partial charge is 0.327 e. The normalized spacial score (nSPS) is 17.3. The number of carbonyl (C=O) groups excluding carboxylic acids is 2. The van der Waals surface area contributed by atoms with Crippen molar-refractivity contribution in [3.8, 4) is 0 Å². The van der Waals surface area contributed by atoms with Crippen molar-refractivity contribution in [3.63, 3.8) is 0 Å². The third-order valence-corrected chi connectivity index (χ3v) is 4.51. The molecule has 0 saturated heterocycles. The summed E-state index contributed by atoms with van der Waals surface area (Å²) < 4.78 is 0. The number of carboxylic acids is 2. The molecule has 14 heteroatoms. The van der Waals surface area contributed by atoms with E-state index in [0.717, 1.165) is 11.8 Å². The standard InChI is InChI=1S/C15H27N3O10S/c1-16-6(3-9(21)22)13(25)18-10(12(24)11(23)8(20)4-19)14(26)17-7(5-29-2)15(27)28/h6-8,10-12,16,19-20,23-24H,3-5H2,1-2H3,(H,17,26)(H,18,25)(H,21,22)(H,27,28)/t6-,7-,8+,10-,11+,12+/m0/s1. The molecule has 0 spiro atoms. The number of aliphatic carboxylic acids is 2. The Hall–Kier alpha value is -1.97.